The number of Topliss-reactive ketones (excluding diaryl/α,β-unsaturated/α-hetero) is 1. The lowest BCUT2D eigenvalue weighted by atomic mass is 9.96. The van der Waals surface area contributed by atoms with Gasteiger partial charge >= 0.3 is 5.97 Å². The second-order valence-corrected chi connectivity index (χ2v) is 4.72. The van der Waals surface area contributed by atoms with Crippen molar-refractivity contribution in [3.8, 4) is 0 Å². The van der Waals surface area contributed by atoms with Gasteiger partial charge in [-0.05, 0) is 19.3 Å². The minimum absolute atomic E-state index is 0.0873. The molecular weight excluding hydrogens is 204 g/mol. The summed E-state index contributed by atoms with van der Waals surface area (Å²) in [6.07, 6.45) is 5.01. The number of rotatable bonds is 8. The maximum absolute atomic E-state index is 11.3. The first-order chi connectivity index (χ1) is 7.49. The highest BCUT2D eigenvalue weighted by molar-refractivity contribution is 5.97. The third-order valence-corrected chi connectivity index (χ3v) is 2.75. The van der Waals surface area contributed by atoms with Gasteiger partial charge in [0, 0.05) is 0 Å². The Morgan fingerprint density at radius 3 is 2.06 bits per heavy atom. The van der Waals surface area contributed by atoms with Crippen LogP contribution in [0.15, 0.2) is 0 Å². The van der Waals surface area contributed by atoms with Crippen LogP contribution < -0.4 is 0 Å². The Balaban J connectivity index is 3.78. The van der Waals surface area contributed by atoms with Crippen molar-refractivity contribution >= 4 is 11.8 Å². The van der Waals surface area contributed by atoms with Crippen LogP contribution in [0.5, 0.6) is 0 Å². The van der Waals surface area contributed by atoms with Crippen molar-refractivity contribution in [2.45, 2.75) is 52.9 Å². The van der Waals surface area contributed by atoms with Gasteiger partial charge in [-0.2, -0.15) is 0 Å². The van der Waals surface area contributed by atoms with Gasteiger partial charge in [-0.15, -0.1) is 0 Å². The predicted molar refractivity (Wildman–Crippen MR) is 64.1 cm³/mol. The number of carbonyl (C=O) groups excluding carboxylic acids is 2. The fourth-order valence-corrected chi connectivity index (χ4v) is 1.71. The van der Waals surface area contributed by atoms with E-state index in [1.54, 1.807) is 0 Å². The van der Waals surface area contributed by atoms with Crippen LogP contribution in [0.25, 0.3) is 0 Å². The molecule has 16 heavy (non-hydrogen) atoms. The molecule has 0 heterocycles. The van der Waals surface area contributed by atoms with E-state index in [0.29, 0.717) is 6.42 Å². The molecule has 0 amide bonds. The molecule has 0 aliphatic heterocycles. The fourth-order valence-electron chi connectivity index (χ4n) is 1.71. The van der Waals surface area contributed by atoms with Gasteiger partial charge in [-0.3, -0.25) is 9.59 Å². The number of carbonyl (C=O) groups is 2. The van der Waals surface area contributed by atoms with Gasteiger partial charge in [-0.25, -0.2) is 0 Å². The lowest BCUT2D eigenvalue weighted by Gasteiger charge is -2.11. The molecule has 1 unspecified atom stereocenters. The van der Waals surface area contributed by atoms with E-state index in [1.807, 2.05) is 0 Å². The molecule has 0 saturated heterocycles. The lowest BCUT2D eigenvalue weighted by molar-refractivity contribution is -0.149. The molecule has 0 rings (SSSR count). The van der Waals surface area contributed by atoms with Crippen molar-refractivity contribution < 1.29 is 14.3 Å². The Hall–Kier alpha value is -0.860. The van der Waals surface area contributed by atoms with Crippen LogP contribution in [0.4, 0.5) is 0 Å². The zero-order valence-corrected chi connectivity index (χ0v) is 10.9. The number of ether oxygens (including phenoxy) is 1. The molecule has 0 bridgehead atoms. The Morgan fingerprint density at radius 1 is 1.06 bits per heavy atom. The van der Waals surface area contributed by atoms with E-state index < -0.39 is 11.9 Å². The predicted octanol–water partition coefficient (Wildman–Crippen LogP) is 2.97. The van der Waals surface area contributed by atoms with Gasteiger partial charge < -0.3 is 4.74 Å². The molecule has 94 valence electrons. The summed E-state index contributed by atoms with van der Waals surface area (Å²) in [6, 6.07) is 0. The number of hydrogen-bond donors (Lipinski definition) is 0. The normalized spacial score (nSPS) is 12.6. The van der Waals surface area contributed by atoms with Gasteiger partial charge in [0.2, 0.25) is 0 Å². The third kappa shape index (κ3) is 6.59. The van der Waals surface area contributed by atoms with E-state index in [4.69, 9.17) is 0 Å². The molecule has 0 fully saturated rings. The summed E-state index contributed by atoms with van der Waals surface area (Å²) < 4.78 is 4.61. The lowest BCUT2D eigenvalue weighted by Crippen LogP contribution is -2.23. The van der Waals surface area contributed by atoms with Crippen molar-refractivity contribution in [3.05, 3.63) is 0 Å². The zero-order chi connectivity index (χ0) is 12.6. The van der Waals surface area contributed by atoms with Gasteiger partial charge in [0.05, 0.1) is 7.11 Å². The van der Waals surface area contributed by atoms with E-state index in [-0.39, 0.29) is 5.78 Å². The summed E-state index contributed by atoms with van der Waals surface area (Å²) in [4.78, 5) is 22.5. The van der Waals surface area contributed by atoms with E-state index in [0.717, 1.165) is 18.8 Å². The second-order valence-electron chi connectivity index (χ2n) is 4.72. The van der Waals surface area contributed by atoms with Crippen molar-refractivity contribution in [1.29, 1.82) is 0 Å². The highest BCUT2D eigenvalue weighted by Crippen LogP contribution is 2.15. The van der Waals surface area contributed by atoms with E-state index >= 15 is 0 Å². The minimum atomic E-state index is -0.552. The molecule has 0 radical (unpaired) electrons. The molecule has 3 nitrogen and oxygen atoms in total. The third-order valence-electron chi connectivity index (χ3n) is 2.75. The Kier molecular flexibility index (Phi) is 7.86. The number of methoxy groups -OCH3 is 1. The van der Waals surface area contributed by atoms with Crippen LogP contribution in [-0.2, 0) is 14.3 Å². The summed E-state index contributed by atoms with van der Waals surface area (Å²) >= 11 is 0. The SMILES string of the molecule is COC(=O)C(CCCCCC(C)C)C(C)=O. The standard InChI is InChI=1S/C13H24O3/c1-10(2)8-6-5-7-9-12(11(3)14)13(15)16-4/h10,12H,5-9H2,1-4H3. The van der Waals surface area contributed by atoms with Gasteiger partial charge in [0.1, 0.15) is 11.7 Å². The van der Waals surface area contributed by atoms with Crippen molar-refractivity contribution in [2.24, 2.45) is 11.8 Å². The summed E-state index contributed by atoms with van der Waals surface area (Å²) in [7, 11) is 1.33. The average molecular weight is 228 g/mol. The van der Waals surface area contributed by atoms with Crippen LogP contribution >= 0.6 is 0 Å². The molecule has 0 aromatic rings. The van der Waals surface area contributed by atoms with Crippen molar-refractivity contribution in [3.63, 3.8) is 0 Å². The molecule has 0 N–H and O–H groups in total. The Morgan fingerprint density at radius 2 is 1.62 bits per heavy atom. The van der Waals surface area contributed by atoms with Gasteiger partial charge in [-0.1, -0.05) is 39.5 Å². The second kappa shape index (κ2) is 8.31. The summed E-state index contributed by atoms with van der Waals surface area (Å²) in [5.41, 5.74) is 0. The molecule has 0 aromatic carbocycles. The Labute approximate surface area is 98.6 Å². The number of ketones is 1. The minimum Gasteiger partial charge on any atom is -0.468 e. The van der Waals surface area contributed by atoms with Crippen molar-refractivity contribution in [1.82, 2.24) is 0 Å². The first-order valence-corrected chi connectivity index (χ1v) is 6.07. The number of esters is 1. The topological polar surface area (TPSA) is 43.4 Å². The Bertz CT molecular complexity index is 221. The first kappa shape index (κ1) is 15.1. The van der Waals surface area contributed by atoms with Crippen LogP contribution in [0.1, 0.15) is 52.9 Å². The smallest absolute Gasteiger partial charge is 0.316 e. The number of unbranched alkanes of at least 4 members (excludes halogenated alkanes) is 2. The summed E-state index contributed by atoms with van der Waals surface area (Å²) in [5.74, 6) is -0.305. The van der Waals surface area contributed by atoms with Crippen LogP contribution in [0.2, 0.25) is 0 Å². The van der Waals surface area contributed by atoms with Gasteiger partial charge in [0.15, 0.2) is 0 Å². The molecule has 0 spiro atoms. The van der Waals surface area contributed by atoms with Crippen molar-refractivity contribution in [2.75, 3.05) is 7.11 Å². The summed E-state index contributed by atoms with van der Waals surface area (Å²) in [5, 5.41) is 0. The maximum Gasteiger partial charge on any atom is 0.316 e. The molecule has 3 heteroatoms. The highest BCUT2D eigenvalue weighted by atomic mass is 16.5. The van der Waals surface area contributed by atoms with E-state index in [1.165, 1.54) is 26.9 Å². The maximum atomic E-state index is 11.3. The molecule has 0 aliphatic rings. The van der Waals surface area contributed by atoms with E-state index in [9.17, 15) is 9.59 Å². The summed E-state index contributed by atoms with van der Waals surface area (Å²) in [6.45, 7) is 5.86. The quantitative estimate of drug-likeness (QED) is 0.364. The highest BCUT2D eigenvalue weighted by Gasteiger charge is 2.23. The molecular formula is C13H24O3. The number of hydrogen-bond acceptors (Lipinski definition) is 3. The monoisotopic (exact) mass is 228 g/mol. The molecule has 0 aliphatic carbocycles. The molecule has 1 atom stereocenters. The van der Waals surface area contributed by atoms with Crippen LogP contribution in [0.3, 0.4) is 0 Å². The van der Waals surface area contributed by atoms with Crippen LogP contribution in [0, 0.1) is 11.8 Å². The first-order valence-electron chi connectivity index (χ1n) is 6.07. The van der Waals surface area contributed by atoms with Crippen LogP contribution in [-0.4, -0.2) is 18.9 Å². The van der Waals surface area contributed by atoms with Gasteiger partial charge in [0.25, 0.3) is 0 Å². The molecule has 0 aromatic heterocycles. The largest absolute Gasteiger partial charge is 0.468 e. The average Bonchev–Trinajstić information content (AvgIpc) is 2.21. The zero-order valence-electron chi connectivity index (χ0n) is 10.9. The molecule has 0 saturated carbocycles. The fraction of sp³-hybridized carbons (Fsp3) is 0.846. The van der Waals surface area contributed by atoms with E-state index in [2.05, 4.69) is 18.6 Å².